The molecule has 10 heteroatoms. The molecule has 0 aliphatic heterocycles. The van der Waals surface area contributed by atoms with Gasteiger partial charge in [-0.1, -0.05) is 52.0 Å². The largest absolute Gasteiger partial charge is 0.455 e. The highest BCUT2D eigenvalue weighted by molar-refractivity contribution is 5.79. The van der Waals surface area contributed by atoms with Crippen molar-refractivity contribution < 1.29 is 9.47 Å². The van der Waals surface area contributed by atoms with Crippen molar-refractivity contribution in [1.29, 1.82) is 0 Å². The molecule has 0 atom stereocenters. The van der Waals surface area contributed by atoms with Crippen LogP contribution in [0, 0.1) is 0 Å². The summed E-state index contributed by atoms with van der Waals surface area (Å²) in [6.07, 6.45) is 3.27. The number of rotatable bonds is 6. The number of aromatic amines is 1. The molecule has 6 rings (SSSR count). The summed E-state index contributed by atoms with van der Waals surface area (Å²) in [4.78, 5) is 34.8. The van der Waals surface area contributed by atoms with Gasteiger partial charge in [-0.3, -0.25) is 18.7 Å². The maximum Gasteiger partial charge on any atom is 0.329 e. The van der Waals surface area contributed by atoms with Gasteiger partial charge in [-0.2, -0.15) is 0 Å². The first-order chi connectivity index (χ1) is 20.5. The Labute approximate surface area is 249 Å². The van der Waals surface area contributed by atoms with E-state index >= 15 is 0 Å². The highest BCUT2D eigenvalue weighted by Crippen LogP contribution is 2.30. The van der Waals surface area contributed by atoms with E-state index in [0.717, 1.165) is 11.5 Å². The van der Waals surface area contributed by atoms with Gasteiger partial charge in [0.15, 0.2) is 22.8 Å². The molecule has 0 aliphatic rings. The summed E-state index contributed by atoms with van der Waals surface area (Å²) >= 11 is 0. The van der Waals surface area contributed by atoms with Gasteiger partial charge in [0, 0.05) is 45.7 Å². The molecule has 10 nitrogen and oxygen atoms in total. The highest BCUT2D eigenvalue weighted by atomic mass is 16.5. The molecular formula is C33H36N6O4. The Balaban J connectivity index is 0.000000171. The summed E-state index contributed by atoms with van der Waals surface area (Å²) in [5.74, 6) is 3.68. The number of nitrogens with zero attached hydrogens (tertiary/aromatic N) is 5. The fourth-order valence-corrected chi connectivity index (χ4v) is 4.80. The van der Waals surface area contributed by atoms with Crippen molar-refractivity contribution in [3.8, 4) is 23.0 Å². The van der Waals surface area contributed by atoms with Crippen molar-refractivity contribution in [3.05, 3.63) is 105 Å². The summed E-state index contributed by atoms with van der Waals surface area (Å²) in [7, 11) is 5.12. The van der Waals surface area contributed by atoms with Gasteiger partial charge in [0.05, 0.1) is 0 Å². The molecule has 0 saturated carbocycles. The van der Waals surface area contributed by atoms with Gasteiger partial charge in [0.25, 0.3) is 0 Å². The van der Waals surface area contributed by atoms with E-state index in [-0.39, 0.29) is 11.4 Å². The van der Waals surface area contributed by atoms with Gasteiger partial charge in [-0.05, 0) is 47.2 Å². The Morgan fingerprint density at radius 2 is 1.12 bits per heavy atom. The lowest BCUT2D eigenvalue weighted by molar-refractivity contribution is 0.484. The van der Waals surface area contributed by atoms with E-state index < -0.39 is 0 Å². The zero-order valence-corrected chi connectivity index (χ0v) is 25.5. The molecule has 0 spiro atoms. The number of H-pyrrole nitrogens is 1. The van der Waals surface area contributed by atoms with Crippen molar-refractivity contribution >= 4 is 22.3 Å². The number of ether oxygens (including phenoxy) is 2. The number of hydrogen-bond donors (Lipinski definition) is 1. The zero-order chi connectivity index (χ0) is 30.8. The number of imidazole rings is 2. The predicted molar refractivity (Wildman–Crippen MR) is 168 cm³/mol. The van der Waals surface area contributed by atoms with E-state index in [4.69, 9.17) is 9.47 Å². The van der Waals surface area contributed by atoms with Crippen LogP contribution < -0.4 is 20.9 Å². The molecule has 222 valence electrons. The first-order valence-corrected chi connectivity index (χ1v) is 14.1. The molecule has 0 unspecified atom stereocenters. The minimum absolute atomic E-state index is 0.117. The SMILES string of the molecule is CC(C)c1ccc(Oc2ccnc3[nH]c(=O)n(C)c23)cc1.CC(C)c1ccc(Oc2ccnc3c2n(C)c(=O)n3C)cc1. The maximum atomic E-state index is 12.0. The van der Waals surface area contributed by atoms with Crippen LogP contribution in [0.3, 0.4) is 0 Å². The number of fused-ring (bicyclic) bond motifs is 2. The van der Waals surface area contributed by atoms with Crippen LogP contribution in [0.4, 0.5) is 0 Å². The van der Waals surface area contributed by atoms with Crippen LogP contribution in [0.1, 0.15) is 50.7 Å². The number of aryl methyl sites for hydroxylation is 3. The summed E-state index contributed by atoms with van der Waals surface area (Å²) < 4.78 is 16.4. The number of hydrogen-bond acceptors (Lipinski definition) is 6. The molecule has 0 radical (unpaired) electrons. The quantitative estimate of drug-likeness (QED) is 0.245. The molecule has 6 aromatic rings. The Bertz CT molecular complexity index is 2000. The van der Waals surface area contributed by atoms with Crippen LogP contribution in [0.15, 0.2) is 82.6 Å². The summed E-state index contributed by atoms with van der Waals surface area (Å²) in [6, 6.07) is 19.5. The minimum Gasteiger partial charge on any atom is -0.455 e. The smallest absolute Gasteiger partial charge is 0.329 e. The zero-order valence-electron chi connectivity index (χ0n) is 25.5. The maximum absolute atomic E-state index is 12.0. The molecule has 2 aromatic carbocycles. The standard InChI is InChI=1S/C17H19N3O2.C16H17N3O2/c1-11(2)12-5-7-13(8-6-12)22-14-9-10-18-16-15(14)19(3)17(21)20(16)4;1-10(2)11-4-6-12(7-5-11)21-13-8-9-17-15-14(13)19(3)16(20)18-15/h5-11H,1-4H3;4-10H,1-3H3,(H,17,18,20). The average molecular weight is 581 g/mol. The summed E-state index contributed by atoms with van der Waals surface area (Å²) in [5.41, 5.74) is 4.70. The lowest BCUT2D eigenvalue weighted by Crippen LogP contribution is -2.19. The number of pyridine rings is 2. The van der Waals surface area contributed by atoms with E-state index in [2.05, 4.69) is 66.9 Å². The third kappa shape index (κ3) is 5.94. The van der Waals surface area contributed by atoms with Gasteiger partial charge < -0.3 is 9.47 Å². The van der Waals surface area contributed by atoms with Gasteiger partial charge in [-0.15, -0.1) is 0 Å². The number of benzene rings is 2. The van der Waals surface area contributed by atoms with Crippen molar-refractivity contribution in [3.63, 3.8) is 0 Å². The second kappa shape index (κ2) is 12.0. The fourth-order valence-electron chi connectivity index (χ4n) is 4.80. The van der Waals surface area contributed by atoms with Crippen LogP contribution in [0.25, 0.3) is 22.3 Å². The molecule has 1 N–H and O–H groups in total. The second-order valence-corrected chi connectivity index (χ2v) is 11.0. The molecule has 0 saturated heterocycles. The molecule has 0 bridgehead atoms. The Hall–Kier alpha value is -5.12. The Morgan fingerprint density at radius 3 is 1.63 bits per heavy atom. The van der Waals surface area contributed by atoms with Gasteiger partial charge in [0.1, 0.15) is 22.5 Å². The van der Waals surface area contributed by atoms with Crippen molar-refractivity contribution in [2.24, 2.45) is 21.1 Å². The van der Waals surface area contributed by atoms with E-state index in [0.29, 0.717) is 45.7 Å². The fraction of sp³-hybridized carbons (Fsp3) is 0.273. The number of nitrogens with one attached hydrogen (secondary N) is 1. The third-order valence-electron chi connectivity index (χ3n) is 7.40. The summed E-state index contributed by atoms with van der Waals surface area (Å²) in [5, 5.41) is 0. The Morgan fingerprint density at radius 1 is 0.628 bits per heavy atom. The lowest BCUT2D eigenvalue weighted by Gasteiger charge is -2.09. The number of aromatic nitrogens is 6. The van der Waals surface area contributed by atoms with Crippen LogP contribution in [-0.2, 0) is 21.1 Å². The van der Waals surface area contributed by atoms with Crippen LogP contribution in [0.5, 0.6) is 23.0 Å². The molecular weight excluding hydrogens is 544 g/mol. The molecule has 0 amide bonds. The molecule has 0 fully saturated rings. The first-order valence-electron chi connectivity index (χ1n) is 14.1. The Kier molecular flexibility index (Phi) is 8.20. The first kappa shape index (κ1) is 29.4. The molecule has 0 aliphatic carbocycles. The topological polar surface area (TPSA) is 109 Å². The summed E-state index contributed by atoms with van der Waals surface area (Å²) in [6.45, 7) is 8.61. The molecule has 4 aromatic heterocycles. The molecule has 43 heavy (non-hydrogen) atoms. The van der Waals surface area contributed by atoms with Crippen molar-refractivity contribution in [2.75, 3.05) is 0 Å². The monoisotopic (exact) mass is 580 g/mol. The normalized spacial score (nSPS) is 11.3. The average Bonchev–Trinajstić information content (AvgIpc) is 3.41. The second-order valence-electron chi connectivity index (χ2n) is 11.0. The van der Waals surface area contributed by atoms with Gasteiger partial charge in [-0.25, -0.2) is 19.6 Å². The lowest BCUT2D eigenvalue weighted by atomic mass is 10.0. The minimum atomic E-state index is -0.205. The predicted octanol–water partition coefficient (Wildman–Crippen LogP) is 6.37. The van der Waals surface area contributed by atoms with Crippen LogP contribution >= 0.6 is 0 Å². The van der Waals surface area contributed by atoms with Crippen LogP contribution in [-0.4, -0.2) is 28.7 Å². The molecule has 4 heterocycles. The van der Waals surface area contributed by atoms with E-state index in [1.54, 1.807) is 50.2 Å². The highest BCUT2D eigenvalue weighted by Gasteiger charge is 2.15. The van der Waals surface area contributed by atoms with Gasteiger partial charge in [0.2, 0.25) is 0 Å². The van der Waals surface area contributed by atoms with Crippen LogP contribution in [0.2, 0.25) is 0 Å². The van der Waals surface area contributed by atoms with Crippen molar-refractivity contribution in [1.82, 2.24) is 28.7 Å². The van der Waals surface area contributed by atoms with E-state index in [9.17, 15) is 9.59 Å². The van der Waals surface area contributed by atoms with E-state index in [1.165, 1.54) is 20.3 Å². The van der Waals surface area contributed by atoms with Gasteiger partial charge >= 0.3 is 11.4 Å². The third-order valence-corrected chi connectivity index (χ3v) is 7.40. The van der Waals surface area contributed by atoms with E-state index in [1.807, 2.05) is 24.3 Å². The van der Waals surface area contributed by atoms with Crippen molar-refractivity contribution in [2.45, 2.75) is 39.5 Å².